The lowest BCUT2D eigenvalue weighted by Crippen LogP contribution is -2.37. The van der Waals surface area contributed by atoms with Crippen molar-refractivity contribution in [1.29, 1.82) is 0 Å². The van der Waals surface area contributed by atoms with Gasteiger partial charge in [0.15, 0.2) is 0 Å². The molecule has 0 aromatic carbocycles. The lowest BCUT2D eigenvalue weighted by atomic mass is 9.86. The highest BCUT2D eigenvalue weighted by Crippen LogP contribution is 2.25. The van der Waals surface area contributed by atoms with E-state index in [-0.39, 0.29) is 6.10 Å². The van der Waals surface area contributed by atoms with Gasteiger partial charge in [-0.1, -0.05) is 25.7 Å². The van der Waals surface area contributed by atoms with Crippen molar-refractivity contribution in [2.45, 2.75) is 63.5 Å². The molecular formula is C12H23NO. The van der Waals surface area contributed by atoms with Gasteiger partial charge in [-0.2, -0.15) is 0 Å². The van der Waals surface area contributed by atoms with Crippen LogP contribution in [0.4, 0.5) is 0 Å². The van der Waals surface area contributed by atoms with Crippen LogP contribution in [0.3, 0.4) is 0 Å². The van der Waals surface area contributed by atoms with Crippen LogP contribution >= 0.6 is 0 Å². The summed E-state index contributed by atoms with van der Waals surface area (Å²) in [7, 11) is 0. The topological polar surface area (TPSA) is 32.3 Å². The van der Waals surface area contributed by atoms with Crippen LogP contribution in [0.5, 0.6) is 0 Å². The third kappa shape index (κ3) is 2.71. The van der Waals surface area contributed by atoms with Gasteiger partial charge in [-0.25, -0.2) is 0 Å². The molecule has 0 radical (unpaired) electrons. The van der Waals surface area contributed by atoms with Crippen LogP contribution in [0.1, 0.15) is 51.4 Å². The van der Waals surface area contributed by atoms with Crippen LogP contribution < -0.4 is 5.32 Å². The predicted octanol–water partition coefficient (Wildman–Crippen LogP) is 2.07. The van der Waals surface area contributed by atoms with Crippen molar-refractivity contribution in [1.82, 2.24) is 5.32 Å². The lowest BCUT2D eigenvalue weighted by Gasteiger charge is -2.28. The molecule has 0 spiro atoms. The SMILES string of the molecule is OC1CCCCC1CNC1CCCC1. The molecule has 2 atom stereocenters. The maximum atomic E-state index is 9.80. The van der Waals surface area contributed by atoms with Crippen molar-refractivity contribution in [3.8, 4) is 0 Å². The standard InChI is InChI=1S/C12H23NO/c14-12-8-4-1-5-10(12)9-13-11-6-2-3-7-11/h10-14H,1-9H2. The van der Waals surface area contributed by atoms with Crippen LogP contribution in [0, 0.1) is 5.92 Å². The van der Waals surface area contributed by atoms with E-state index in [9.17, 15) is 5.11 Å². The number of aliphatic hydroxyl groups excluding tert-OH is 1. The lowest BCUT2D eigenvalue weighted by molar-refractivity contribution is 0.0682. The van der Waals surface area contributed by atoms with Crippen LogP contribution in [-0.2, 0) is 0 Å². The minimum Gasteiger partial charge on any atom is -0.393 e. The second-order valence-electron chi connectivity index (χ2n) is 5.00. The predicted molar refractivity (Wildman–Crippen MR) is 58.2 cm³/mol. The Balaban J connectivity index is 1.67. The fourth-order valence-electron chi connectivity index (χ4n) is 2.87. The summed E-state index contributed by atoms with van der Waals surface area (Å²) in [6.07, 6.45) is 10.2. The fraction of sp³-hybridized carbons (Fsp3) is 1.00. The zero-order chi connectivity index (χ0) is 9.80. The van der Waals surface area contributed by atoms with Crippen molar-refractivity contribution in [3.05, 3.63) is 0 Å². The highest BCUT2D eigenvalue weighted by Gasteiger charge is 2.24. The first-order chi connectivity index (χ1) is 6.86. The summed E-state index contributed by atoms with van der Waals surface area (Å²) >= 11 is 0. The highest BCUT2D eigenvalue weighted by atomic mass is 16.3. The molecule has 2 N–H and O–H groups in total. The molecule has 14 heavy (non-hydrogen) atoms. The maximum Gasteiger partial charge on any atom is 0.0580 e. The van der Waals surface area contributed by atoms with Crippen LogP contribution in [0.15, 0.2) is 0 Å². The van der Waals surface area contributed by atoms with E-state index in [0.717, 1.165) is 19.0 Å². The third-order valence-electron chi connectivity index (χ3n) is 3.89. The van der Waals surface area contributed by atoms with Gasteiger partial charge < -0.3 is 10.4 Å². The van der Waals surface area contributed by atoms with E-state index < -0.39 is 0 Å². The first-order valence-electron chi connectivity index (χ1n) is 6.28. The number of hydrogen-bond acceptors (Lipinski definition) is 2. The average molecular weight is 197 g/mol. The minimum atomic E-state index is -0.0300. The van der Waals surface area contributed by atoms with Crippen molar-refractivity contribution >= 4 is 0 Å². The molecule has 2 aliphatic rings. The smallest absolute Gasteiger partial charge is 0.0580 e. The molecule has 2 aliphatic carbocycles. The Bertz CT molecular complexity index is 166. The molecule has 2 unspecified atom stereocenters. The van der Waals surface area contributed by atoms with E-state index in [4.69, 9.17) is 0 Å². The molecule has 0 aromatic heterocycles. The highest BCUT2D eigenvalue weighted by molar-refractivity contribution is 4.80. The van der Waals surface area contributed by atoms with Crippen LogP contribution in [-0.4, -0.2) is 23.8 Å². The zero-order valence-electron chi connectivity index (χ0n) is 9.04. The minimum absolute atomic E-state index is 0.0300. The van der Waals surface area contributed by atoms with Gasteiger partial charge >= 0.3 is 0 Å². The Kier molecular flexibility index (Phi) is 3.82. The summed E-state index contributed by atoms with van der Waals surface area (Å²) in [4.78, 5) is 0. The summed E-state index contributed by atoms with van der Waals surface area (Å²) in [6.45, 7) is 1.05. The van der Waals surface area contributed by atoms with Gasteiger partial charge in [0.05, 0.1) is 6.10 Å². The molecule has 2 saturated carbocycles. The van der Waals surface area contributed by atoms with Gasteiger partial charge in [0.2, 0.25) is 0 Å². The molecule has 2 heteroatoms. The summed E-state index contributed by atoms with van der Waals surface area (Å²) in [5.41, 5.74) is 0. The monoisotopic (exact) mass is 197 g/mol. The second kappa shape index (κ2) is 5.13. The molecule has 0 bridgehead atoms. The first-order valence-corrected chi connectivity index (χ1v) is 6.28. The Morgan fingerprint density at radius 2 is 1.57 bits per heavy atom. The number of rotatable bonds is 3. The van der Waals surface area contributed by atoms with E-state index in [2.05, 4.69) is 5.32 Å². The summed E-state index contributed by atoms with van der Waals surface area (Å²) in [5.74, 6) is 0.532. The Morgan fingerprint density at radius 3 is 2.29 bits per heavy atom. The van der Waals surface area contributed by atoms with Crippen LogP contribution in [0.2, 0.25) is 0 Å². The van der Waals surface area contributed by atoms with E-state index in [0.29, 0.717) is 5.92 Å². The van der Waals surface area contributed by atoms with Gasteiger partial charge in [-0.15, -0.1) is 0 Å². The fourth-order valence-corrected chi connectivity index (χ4v) is 2.87. The maximum absolute atomic E-state index is 9.80. The van der Waals surface area contributed by atoms with Crippen molar-refractivity contribution < 1.29 is 5.11 Å². The van der Waals surface area contributed by atoms with Gasteiger partial charge in [0, 0.05) is 12.6 Å². The number of aliphatic hydroxyl groups is 1. The van der Waals surface area contributed by atoms with Crippen molar-refractivity contribution in [2.24, 2.45) is 5.92 Å². The third-order valence-corrected chi connectivity index (χ3v) is 3.89. The Labute approximate surface area is 87.1 Å². The quantitative estimate of drug-likeness (QED) is 0.726. The summed E-state index contributed by atoms with van der Waals surface area (Å²) < 4.78 is 0. The van der Waals surface area contributed by atoms with Gasteiger partial charge in [-0.05, 0) is 31.6 Å². The van der Waals surface area contributed by atoms with E-state index in [1.165, 1.54) is 44.9 Å². The van der Waals surface area contributed by atoms with E-state index >= 15 is 0 Å². The van der Waals surface area contributed by atoms with E-state index in [1.807, 2.05) is 0 Å². The molecule has 2 nitrogen and oxygen atoms in total. The molecule has 0 heterocycles. The molecule has 82 valence electrons. The molecule has 0 saturated heterocycles. The van der Waals surface area contributed by atoms with Crippen LogP contribution in [0.25, 0.3) is 0 Å². The normalized spacial score (nSPS) is 34.9. The summed E-state index contributed by atoms with van der Waals surface area (Å²) in [5, 5.41) is 13.4. The first kappa shape index (κ1) is 10.4. The van der Waals surface area contributed by atoms with Gasteiger partial charge in [0.1, 0.15) is 0 Å². The van der Waals surface area contributed by atoms with Gasteiger partial charge in [0.25, 0.3) is 0 Å². The van der Waals surface area contributed by atoms with Crippen molar-refractivity contribution in [2.75, 3.05) is 6.54 Å². The van der Waals surface area contributed by atoms with E-state index in [1.54, 1.807) is 0 Å². The molecule has 0 amide bonds. The average Bonchev–Trinajstić information content (AvgIpc) is 2.69. The molecule has 0 aliphatic heterocycles. The number of hydrogen-bond donors (Lipinski definition) is 2. The second-order valence-corrected chi connectivity index (χ2v) is 5.00. The largest absolute Gasteiger partial charge is 0.393 e. The zero-order valence-corrected chi connectivity index (χ0v) is 9.04. The summed E-state index contributed by atoms with van der Waals surface area (Å²) in [6, 6.07) is 0.754. The Hall–Kier alpha value is -0.0800. The molecule has 2 fully saturated rings. The molecule has 2 rings (SSSR count). The Morgan fingerprint density at radius 1 is 0.929 bits per heavy atom. The van der Waals surface area contributed by atoms with Crippen molar-refractivity contribution in [3.63, 3.8) is 0 Å². The molecular weight excluding hydrogens is 174 g/mol. The van der Waals surface area contributed by atoms with Gasteiger partial charge in [-0.3, -0.25) is 0 Å². The molecule has 0 aromatic rings. The number of nitrogens with one attached hydrogen (secondary N) is 1.